The first-order valence-corrected chi connectivity index (χ1v) is 6.74. The molecular formula is C11H14ClN3OS. The second-order valence-electron chi connectivity index (χ2n) is 3.75. The van der Waals surface area contributed by atoms with Crippen LogP contribution in [0.5, 0.6) is 0 Å². The van der Waals surface area contributed by atoms with Crippen molar-refractivity contribution in [2.45, 2.75) is 4.90 Å². The van der Waals surface area contributed by atoms with Crippen LogP contribution in [0.25, 0.3) is 0 Å². The number of nitrogen functional groups attached to an aromatic ring is 1. The molecule has 4 nitrogen and oxygen atoms in total. The van der Waals surface area contributed by atoms with E-state index in [1.807, 2.05) is 12.1 Å². The van der Waals surface area contributed by atoms with Crippen molar-refractivity contribution in [2.75, 3.05) is 31.1 Å². The van der Waals surface area contributed by atoms with Gasteiger partial charge >= 0.3 is 6.03 Å². The van der Waals surface area contributed by atoms with Gasteiger partial charge in [0.05, 0.1) is 0 Å². The standard InChI is InChI=1S/C11H14ClN3OS/c12-8-1-2-10(9(13)7-8)17-6-5-15-4-3-14-11(15)16/h1-2,7H,3-6,13H2,(H,14,16). The fourth-order valence-electron chi connectivity index (χ4n) is 1.64. The summed E-state index contributed by atoms with van der Waals surface area (Å²) >= 11 is 7.46. The summed E-state index contributed by atoms with van der Waals surface area (Å²) < 4.78 is 0. The molecule has 1 saturated heterocycles. The molecule has 1 aromatic rings. The minimum absolute atomic E-state index is 0.0229. The van der Waals surface area contributed by atoms with Gasteiger partial charge in [-0.3, -0.25) is 0 Å². The van der Waals surface area contributed by atoms with Crippen molar-refractivity contribution in [1.29, 1.82) is 0 Å². The van der Waals surface area contributed by atoms with Gasteiger partial charge in [-0.25, -0.2) is 4.79 Å². The van der Waals surface area contributed by atoms with Gasteiger partial charge in [-0.15, -0.1) is 11.8 Å². The summed E-state index contributed by atoms with van der Waals surface area (Å²) in [5.41, 5.74) is 6.53. The molecule has 6 heteroatoms. The van der Waals surface area contributed by atoms with Crippen LogP contribution in [0.2, 0.25) is 5.02 Å². The Kier molecular flexibility index (Phi) is 4.02. The number of hydrogen-bond acceptors (Lipinski definition) is 3. The molecule has 1 aromatic carbocycles. The summed E-state index contributed by atoms with van der Waals surface area (Å²) in [6.45, 7) is 2.26. The van der Waals surface area contributed by atoms with Crippen LogP contribution in [0.15, 0.2) is 23.1 Å². The van der Waals surface area contributed by atoms with Gasteiger partial charge in [0.15, 0.2) is 0 Å². The third-order valence-electron chi connectivity index (χ3n) is 2.54. The Labute approximate surface area is 109 Å². The van der Waals surface area contributed by atoms with Crippen LogP contribution in [-0.2, 0) is 0 Å². The molecule has 0 radical (unpaired) electrons. The molecule has 2 rings (SSSR count). The lowest BCUT2D eigenvalue weighted by atomic mass is 10.3. The number of halogens is 1. The molecule has 0 saturated carbocycles. The summed E-state index contributed by atoms with van der Waals surface area (Å²) in [6.07, 6.45) is 0. The predicted molar refractivity (Wildman–Crippen MR) is 71.6 cm³/mol. The Morgan fingerprint density at radius 1 is 1.53 bits per heavy atom. The number of hydrogen-bond donors (Lipinski definition) is 2. The van der Waals surface area contributed by atoms with Crippen molar-refractivity contribution >= 4 is 35.1 Å². The number of nitrogens with zero attached hydrogens (tertiary/aromatic N) is 1. The van der Waals surface area contributed by atoms with E-state index in [1.54, 1.807) is 22.7 Å². The van der Waals surface area contributed by atoms with Gasteiger partial charge in [0, 0.05) is 41.0 Å². The molecule has 2 amide bonds. The molecule has 92 valence electrons. The average molecular weight is 272 g/mol. The number of thioether (sulfide) groups is 1. The van der Waals surface area contributed by atoms with Crippen LogP contribution < -0.4 is 11.1 Å². The number of carbonyl (C=O) groups excluding carboxylic acids is 1. The monoisotopic (exact) mass is 271 g/mol. The quantitative estimate of drug-likeness (QED) is 0.651. The van der Waals surface area contributed by atoms with E-state index in [1.165, 1.54) is 0 Å². The topological polar surface area (TPSA) is 58.4 Å². The zero-order valence-corrected chi connectivity index (χ0v) is 10.9. The third kappa shape index (κ3) is 3.20. The highest BCUT2D eigenvalue weighted by Crippen LogP contribution is 2.27. The van der Waals surface area contributed by atoms with E-state index in [2.05, 4.69) is 5.32 Å². The van der Waals surface area contributed by atoms with Crippen molar-refractivity contribution in [3.05, 3.63) is 23.2 Å². The van der Waals surface area contributed by atoms with E-state index in [0.717, 1.165) is 30.3 Å². The van der Waals surface area contributed by atoms with E-state index < -0.39 is 0 Å². The number of carbonyl (C=O) groups is 1. The largest absolute Gasteiger partial charge is 0.398 e. The molecular weight excluding hydrogens is 258 g/mol. The molecule has 1 aliphatic rings. The molecule has 1 aliphatic heterocycles. The molecule has 0 atom stereocenters. The highest BCUT2D eigenvalue weighted by molar-refractivity contribution is 7.99. The van der Waals surface area contributed by atoms with Crippen LogP contribution >= 0.6 is 23.4 Å². The van der Waals surface area contributed by atoms with Gasteiger partial charge in [-0.1, -0.05) is 11.6 Å². The minimum Gasteiger partial charge on any atom is -0.398 e. The molecule has 1 fully saturated rings. The molecule has 0 bridgehead atoms. The first kappa shape index (κ1) is 12.4. The van der Waals surface area contributed by atoms with Gasteiger partial charge in [0.2, 0.25) is 0 Å². The van der Waals surface area contributed by atoms with E-state index in [-0.39, 0.29) is 6.03 Å². The Bertz CT molecular complexity index is 427. The summed E-state index contributed by atoms with van der Waals surface area (Å²) in [4.78, 5) is 14.1. The number of urea groups is 1. The first-order chi connectivity index (χ1) is 8.16. The molecule has 1 heterocycles. The molecule has 0 aliphatic carbocycles. The van der Waals surface area contributed by atoms with Crippen LogP contribution in [0, 0.1) is 0 Å². The van der Waals surface area contributed by atoms with Crippen LogP contribution in [0.1, 0.15) is 0 Å². The summed E-state index contributed by atoms with van der Waals surface area (Å²) in [7, 11) is 0. The van der Waals surface area contributed by atoms with E-state index in [4.69, 9.17) is 17.3 Å². The second-order valence-corrected chi connectivity index (χ2v) is 5.32. The van der Waals surface area contributed by atoms with Crippen molar-refractivity contribution in [3.8, 4) is 0 Å². The zero-order chi connectivity index (χ0) is 12.3. The summed E-state index contributed by atoms with van der Waals surface area (Å²) in [6, 6.07) is 5.50. The lowest BCUT2D eigenvalue weighted by molar-refractivity contribution is 0.220. The predicted octanol–water partition coefficient (Wildman–Crippen LogP) is 2.04. The molecule has 0 unspecified atom stereocenters. The maximum Gasteiger partial charge on any atom is 0.317 e. The SMILES string of the molecule is Nc1cc(Cl)ccc1SCCN1CCNC1=O. The minimum atomic E-state index is 0.0229. The Morgan fingerprint density at radius 3 is 3.00 bits per heavy atom. The van der Waals surface area contributed by atoms with E-state index in [9.17, 15) is 4.79 Å². The normalized spacial score (nSPS) is 15.1. The smallest absolute Gasteiger partial charge is 0.317 e. The van der Waals surface area contributed by atoms with Crippen molar-refractivity contribution in [2.24, 2.45) is 0 Å². The number of rotatable bonds is 4. The second kappa shape index (κ2) is 5.51. The van der Waals surface area contributed by atoms with Gasteiger partial charge in [-0.05, 0) is 18.2 Å². The Morgan fingerprint density at radius 2 is 2.35 bits per heavy atom. The van der Waals surface area contributed by atoms with E-state index >= 15 is 0 Å². The summed E-state index contributed by atoms with van der Waals surface area (Å²) in [5, 5.41) is 3.42. The summed E-state index contributed by atoms with van der Waals surface area (Å²) in [5.74, 6) is 0.833. The van der Waals surface area contributed by atoms with Crippen molar-refractivity contribution < 1.29 is 4.79 Å². The zero-order valence-electron chi connectivity index (χ0n) is 9.28. The third-order valence-corrected chi connectivity index (χ3v) is 3.84. The number of nitrogens with one attached hydrogen (secondary N) is 1. The van der Waals surface area contributed by atoms with Gasteiger partial charge in [0.1, 0.15) is 0 Å². The van der Waals surface area contributed by atoms with Gasteiger partial charge in [0.25, 0.3) is 0 Å². The van der Waals surface area contributed by atoms with Crippen molar-refractivity contribution in [1.82, 2.24) is 10.2 Å². The number of anilines is 1. The van der Waals surface area contributed by atoms with Crippen molar-refractivity contribution in [3.63, 3.8) is 0 Å². The Balaban J connectivity index is 1.83. The number of amides is 2. The number of nitrogens with two attached hydrogens (primary N) is 1. The molecule has 3 N–H and O–H groups in total. The number of benzene rings is 1. The maximum atomic E-state index is 11.3. The highest BCUT2D eigenvalue weighted by atomic mass is 35.5. The fraction of sp³-hybridized carbons (Fsp3) is 0.364. The van der Waals surface area contributed by atoms with Crippen LogP contribution in [0.3, 0.4) is 0 Å². The fourth-order valence-corrected chi connectivity index (χ4v) is 2.74. The van der Waals surface area contributed by atoms with Gasteiger partial charge in [-0.2, -0.15) is 0 Å². The lowest BCUT2D eigenvalue weighted by Gasteiger charge is -2.13. The molecule has 17 heavy (non-hydrogen) atoms. The van der Waals surface area contributed by atoms with Gasteiger partial charge < -0.3 is 16.0 Å². The lowest BCUT2D eigenvalue weighted by Crippen LogP contribution is -2.30. The average Bonchev–Trinajstić information content (AvgIpc) is 2.68. The molecule has 0 spiro atoms. The molecule has 0 aromatic heterocycles. The Hall–Kier alpha value is -1.07. The van der Waals surface area contributed by atoms with Crippen LogP contribution in [0.4, 0.5) is 10.5 Å². The van der Waals surface area contributed by atoms with Crippen LogP contribution in [-0.4, -0.2) is 36.3 Å². The first-order valence-electron chi connectivity index (χ1n) is 5.37. The highest BCUT2D eigenvalue weighted by Gasteiger charge is 2.18. The van der Waals surface area contributed by atoms with E-state index in [0.29, 0.717) is 10.7 Å². The maximum absolute atomic E-state index is 11.3.